The zero-order chi connectivity index (χ0) is 16.3. The van der Waals surface area contributed by atoms with E-state index in [1.54, 1.807) is 31.2 Å². The first-order valence-corrected chi connectivity index (χ1v) is 7.23. The Hall–Kier alpha value is -2.41. The predicted octanol–water partition coefficient (Wildman–Crippen LogP) is 1.66. The lowest BCUT2D eigenvalue weighted by atomic mass is 10.1. The van der Waals surface area contributed by atoms with Gasteiger partial charge in [0.2, 0.25) is 5.91 Å². The highest BCUT2D eigenvalue weighted by Gasteiger charge is 2.12. The number of halogens is 1. The van der Waals surface area contributed by atoms with Gasteiger partial charge in [0.15, 0.2) is 0 Å². The normalized spacial score (nSPS) is 10.3. The van der Waals surface area contributed by atoms with Crippen LogP contribution < -0.4 is 16.6 Å². The number of nitrogens with one attached hydrogen (secondary N) is 1. The minimum atomic E-state index is -0.633. The number of benzene rings is 1. The van der Waals surface area contributed by atoms with E-state index >= 15 is 0 Å². The van der Waals surface area contributed by atoms with E-state index in [9.17, 15) is 14.4 Å². The van der Waals surface area contributed by atoms with Gasteiger partial charge in [-0.15, -0.1) is 0 Å². The van der Waals surface area contributed by atoms with Crippen LogP contribution in [0.4, 0.5) is 5.69 Å². The first-order chi connectivity index (χ1) is 10.4. The van der Waals surface area contributed by atoms with Crippen molar-refractivity contribution in [3.05, 3.63) is 62.5 Å². The molecule has 2 amide bonds. The summed E-state index contributed by atoms with van der Waals surface area (Å²) in [7, 11) is 0. The number of nitrogens with zero attached hydrogens (tertiary/aromatic N) is 1. The van der Waals surface area contributed by atoms with Gasteiger partial charge in [-0.2, -0.15) is 0 Å². The van der Waals surface area contributed by atoms with Crippen molar-refractivity contribution < 1.29 is 9.59 Å². The Kier molecular flexibility index (Phi) is 4.77. The Bertz CT molecular complexity index is 799. The molecule has 0 aliphatic carbocycles. The number of aromatic nitrogens is 1. The Labute approximate surface area is 135 Å². The van der Waals surface area contributed by atoms with Gasteiger partial charge < -0.3 is 15.6 Å². The van der Waals surface area contributed by atoms with E-state index < -0.39 is 11.8 Å². The summed E-state index contributed by atoms with van der Waals surface area (Å²) in [6.45, 7) is 1.51. The van der Waals surface area contributed by atoms with Crippen LogP contribution in [-0.4, -0.2) is 16.4 Å². The molecule has 22 heavy (non-hydrogen) atoms. The SMILES string of the molecule is Cc1cc(Br)cn(CC(=O)Nc2ccccc2C(N)=O)c1=O. The van der Waals surface area contributed by atoms with Gasteiger partial charge in [-0.1, -0.05) is 12.1 Å². The molecule has 7 heteroatoms. The number of carbonyl (C=O) groups excluding carboxylic acids is 2. The smallest absolute Gasteiger partial charge is 0.253 e. The van der Waals surface area contributed by atoms with Crippen LogP contribution in [0.5, 0.6) is 0 Å². The van der Waals surface area contributed by atoms with Gasteiger partial charge in [-0.05, 0) is 41.1 Å². The van der Waals surface area contributed by atoms with Crippen molar-refractivity contribution in [3.63, 3.8) is 0 Å². The molecule has 6 nitrogen and oxygen atoms in total. The number of amides is 2. The van der Waals surface area contributed by atoms with Crippen molar-refractivity contribution in [2.75, 3.05) is 5.32 Å². The van der Waals surface area contributed by atoms with E-state index in [1.165, 1.54) is 16.8 Å². The molecule has 0 saturated carbocycles. The lowest BCUT2D eigenvalue weighted by molar-refractivity contribution is -0.116. The van der Waals surface area contributed by atoms with Gasteiger partial charge in [-0.25, -0.2) is 0 Å². The molecule has 1 aromatic carbocycles. The van der Waals surface area contributed by atoms with Crippen LogP contribution in [0.25, 0.3) is 0 Å². The molecule has 2 aromatic rings. The van der Waals surface area contributed by atoms with Crippen molar-refractivity contribution in [3.8, 4) is 0 Å². The van der Waals surface area contributed by atoms with Crippen LogP contribution in [0.3, 0.4) is 0 Å². The molecule has 0 aliphatic rings. The Morgan fingerprint density at radius 3 is 2.68 bits per heavy atom. The zero-order valence-corrected chi connectivity index (χ0v) is 13.4. The summed E-state index contributed by atoms with van der Waals surface area (Å²) >= 11 is 3.28. The Morgan fingerprint density at radius 2 is 2.00 bits per heavy atom. The fraction of sp³-hybridized carbons (Fsp3) is 0.133. The number of pyridine rings is 1. The Morgan fingerprint density at radius 1 is 1.32 bits per heavy atom. The van der Waals surface area contributed by atoms with Crippen molar-refractivity contribution in [1.29, 1.82) is 0 Å². The summed E-state index contributed by atoms with van der Waals surface area (Å²) in [5.74, 6) is -1.06. The highest BCUT2D eigenvalue weighted by atomic mass is 79.9. The molecule has 0 fully saturated rings. The molecule has 0 radical (unpaired) electrons. The monoisotopic (exact) mass is 363 g/mol. The van der Waals surface area contributed by atoms with E-state index in [-0.39, 0.29) is 17.7 Å². The van der Waals surface area contributed by atoms with Crippen LogP contribution in [0, 0.1) is 6.92 Å². The summed E-state index contributed by atoms with van der Waals surface area (Å²) in [5, 5.41) is 2.59. The number of hydrogen-bond acceptors (Lipinski definition) is 3. The van der Waals surface area contributed by atoms with E-state index in [2.05, 4.69) is 21.2 Å². The number of nitrogens with two attached hydrogens (primary N) is 1. The summed E-state index contributed by atoms with van der Waals surface area (Å²) in [5.41, 5.74) is 6.07. The third-order valence-corrected chi connectivity index (χ3v) is 3.45. The quantitative estimate of drug-likeness (QED) is 0.864. The van der Waals surface area contributed by atoms with Gasteiger partial charge in [0.05, 0.1) is 11.3 Å². The minimum Gasteiger partial charge on any atom is -0.366 e. The molecule has 0 spiro atoms. The summed E-state index contributed by atoms with van der Waals surface area (Å²) in [4.78, 5) is 35.4. The van der Waals surface area contributed by atoms with Gasteiger partial charge >= 0.3 is 0 Å². The van der Waals surface area contributed by atoms with E-state index in [4.69, 9.17) is 5.73 Å². The molecule has 114 valence electrons. The average Bonchev–Trinajstić information content (AvgIpc) is 2.44. The van der Waals surface area contributed by atoms with Crippen molar-refractivity contribution >= 4 is 33.4 Å². The van der Waals surface area contributed by atoms with Crippen LogP contribution in [0.2, 0.25) is 0 Å². The molecular weight excluding hydrogens is 350 g/mol. The van der Waals surface area contributed by atoms with Crippen LogP contribution in [0.1, 0.15) is 15.9 Å². The minimum absolute atomic E-state index is 0.161. The van der Waals surface area contributed by atoms with E-state index in [0.717, 1.165) is 0 Å². The average molecular weight is 364 g/mol. The highest BCUT2D eigenvalue weighted by Crippen LogP contribution is 2.14. The number of carbonyl (C=O) groups is 2. The maximum absolute atomic E-state index is 12.1. The second-order valence-corrected chi connectivity index (χ2v) is 5.65. The lowest BCUT2D eigenvalue weighted by Gasteiger charge is -2.10. The molecule has 3 N–H and O–H groups in total. The first kappa shape index (κ1) is 16.0. The van der Waals surface area contributed by atoms with Gasteiger partial charge in [-0.3, -0.25) is 14.4 Å². The topological polar surface area (TPSA) is 94.2 Å². The zero-order valence-electron chi connectivity index (χ0n) is 11.8. The number of primary amides is 1. The molecule has 1 aromatic heterocycles. The first-order valence-electron chi connectivity index (χ1n) is 6.43. The van der Waals surface area contributed by atoms with Gasteiger partial charge in [0, 0.05) is 16.2 Å². The molecular formula is C15H14BrN3O3. The predicted molar refractivity (Wildman–Crippen MR) is 86.7 cm³/mol. The fourth-order valence-electron chi connectivity index (χ4n) is 2.01. The molecule has 0 atom stereocenters. The standard InChI is InChI=1S/C15H14BrN3O3/c1-9-6-10(16)7-19(15(9)22)8-13(20)18-12-5-3-2-4-11(12)14(17)21/h2-7H,8H2,1H3,(H2,17,21)(H,18,20). The molecule has 0 bridgehead atoms. The summed E-state index contributed by atoms with van der Waals surface area (Å²) < 4.78 is 2.00. The van der Waals surface area contributed by atoms with Crippen molar-refractivity contribution in [1.82, 2.24) is 4.57 Å². The number of anilines is 1. The largest absolute Gasteiger partial charge is 0.366 e. The van der Waals surface area contributed by atoms with Crippen LogP contribution >= 0.6 is 15.9 Å². The van der Waals surface area contributed by atoms with Crippen molar-refractivity contribution in [2.24, 2.45) is 5.73 Å². The van der Waals surface area contributed by atoms with E-state index in [1.807, 2.05) is 0 Å². The van der Waals surface area contributed by atoms with Crippen LogP contribution in [-0.2, 0) is 11.3 Å². The second-order valence-electron chi connectivity index (χ2n) is 4.73. The third-order valence-electron chi connectivity index (χ3n) is 3.01. The number of para-hydroxylation sites is 1. The lowest BCUT2D eigenvalue weighted by Crippen LogP contribution is -2.29. The molecule has 2 rings (SSSR count). The molecule has 1 heterocycles. The Balaban J connectivity index is 2.22. The number of hydrogen-bond donors (Lipinski definition) is 2. The van der Waals surface area contributed by atoms with Crippen LogP contribution in [0.15, 0.2) is 45.8 Å². The fourth-order valence-corrected chi connectivity index (χ4v) is 2.60. The number of rotatable bonds is 4. The van der Waals surface area contributed by atoms with Gasteiger partial charge in [0.1, 0.15) is 6.54 Å². The van der Waals surface area contributed by atoms with Gasteiger partial charge in [0.25, 0.3) is 11.5 Å². The summed E-state index contributed by atoms with van der Waals surface area (Å²) in [6, 6.07) is 8.11. The highest BCUT2D eigenvalue weighted by molar-refractivity contribution is 9.10. The van der Waals surface area contributed by atoms with E-state index in [0.29, 0.717) is 15.7 Å². The molecule has 0 saturated heterocycles. The molecule has 0 unspecified atom stereocenters. The van der Waals surface area contributed by atoms with Crippen molar-refractivity contribution in [2.45, 2.75) is 13.5 Å². The second kappa shape index (κ2) is 6.57. The number of aryl methyl sites for hydroxylation is 1. The maximum Gasteiger partial charge on any atom is 0.253 e. The molecule has 0 aliphatic heterocycles. The maximum atomic E-state index is 12.1. The third kappa shape index (κ3) is 3.62. The summed E-state index contributed by atoms with van der Waals surface area (Å²) in [6.07, 6.45) is 1.54.